The number of morpholine rings is 1. The molecule has 0 aromatic heterocycles. The van der Waals surface area contributed by atoms with Crippen LogP contribution < -0.4 is 10.2 Å². The number of rotatable bonds is 5. The summed E-state index contributed by atoms with van der Waals surface area (Å²) in [6.45, 7) is 3.85. The largest absolute Gasteiger partial charge is 0.378 e. The normalized spacial score (nSPS) is 20.8. The van der Waals surface area contributed by atoms with Gasteiger partial charge in [0.05, 0.1) is 25.4 Å². The van der Waals surface area contributed by atoms with Gasteiger partial charge in [-0.25, -0.2) is 4.39 Å². The molecule has 2 fully saturated rings. The molecule has 2 aromatic carbocycles. The van der Waals surface area contributed by atoms with Crippen molar-refractivity contribution in [2.24, 2.45) is 0 Å². The van der Waals surface area contributed by atoms with Gasteiger partial charge in [0, 0.05) is 30.9 Å². The zero-order chi connectivity index (χ0) is 19.3. The van der Waals surface area contributed by atoms with E-state index in [0.29, 0.717) is 12.2 Å². The first kappa shape index (κ1) is 18.9. The molecule has 1 N–H and O–H groups in total. The summed E-state index contributed by atoms with van der Waals surface area (Å²) in [5.74, 6) is -0.446. The molecule has 2 atom stereocenters. The average molecular weight is 384 g/mol. The van der Waals surface area contributed by atoms with Gasteiger partial charge in [-0.3, -0.25) is 4.79 Å². The number of ether oxygens (including phenoxy) is 2. The van der Waals surface area contributed by atoms with Gasteiger partial charge in [-0.15, -0.1) is 0 Å². The van der Waals surface area contributed by atoms with Crippen molar-refractivity contribution >= 4 is 11.6 Å². The molecule has 0 unspecified atom stereocenters. The maximum atomic E-state index is 13.3. The van der Waals surface area contributed by atoms with E-state index in [0.717, 1.165) is 50.4 Å². The molecule has 1 amide bonds. The van der Waals surface area contributed by atoms with Crippen molar-refractivity contribution in [3.8, 4) is 0 Å². The third kappa shape index (κ3) is 4.34. The number of halogens is 1. The van der Waals surface area contributed by atoms with Gasteiger partial charge in [0.15, 0.2) is 0 Å². The molecule has 0 saturated carbocycles. The zero-order valence-electron chi connectivity index (χ0n) is 15.8. The third-order valence-corrected chi connectivity index (χ3v) is 5.36. The number of nitrogens with one attached hydrogen (secondary N) is 1. The van der Waals surface area contributed by atoms with Gasteiger partial charge in [0.25, 0.3) is 5.91 Å². The molecule has 2 aliphatic heterocycles. The lowest BCUT2D eigenvalue weighted by molar-refractivity contribution is 0.0672. The quantitative estimate of drug-likeness (QED) is 0.859. The molecule has 5 nitrogen and oxygen atoms in total. The van der Waals surface area contributed by atoms with Gasteiger partial charge >= 0.3 is 0 Å². The SMILES string of the molecule is O=C(N[C@H](c1ccc(F)cc1)[C@H]1CCCO1)c1ccc(N2CCOCC2)cc1. The Morgan fingerprint density at radius 3 is 2.39 bits per heavy atom. The molecule has 2 saturated heterocycles. The van der Waals surface area contributed by atoms with Gasteiger partial charge in [0.1, 0.15) is 5.82 Å². The third-order valence-electron chi connectivity index (χ3n) is 5.36. The van der Waals surface area contributed by atoms with Crippen LogP contribution in [0.3, 0.4) is 0 Å². The highest BCUT2D eigenvalue weighted by molar-refractivity contribution is 5.94. The Morgan fingerprint density at radius 2 is 1.75 bits per heavy atom. The zero-order valence-corrected chi connectivity index (χ0v) is 15.8. The van der Waals surface area contributed by atoms with E-state index in [1.807, 2.05) is 24.3 Å². The topological polar surface area (TPSA) is 50.8 Å². The van der Waals surface area contributed by atoms with Crippen molar-refractivity contribution in [2.75, 3.05) is 37.8 Å². The second-order valence-corrected chi connectivity index (χ2v) is 7.20. The van der Waals surface area contributed by atoms with E-state index in [-0.39, 0.29) is 23.9 Å². The summed E-state index contributed by atoms with van der Waals surface area (Å²) in [5.41, 5.74) is 2.54. The number of carbonyl (C=O) groups is 1. The molecule has 0 bridgehead atoms. The molecule has 0 spiro atoms. The van der Waals surface area contributed by atoms with Crippen LogP contribution in [0.1, 0.15) is 34.8 Å². The van der Waals surface area contributed by atoms with Crippen molar-refractivity contribution in [1.82, 2.24) is 5.32 Å². The summed E-state index contributed by atoms with van der Waals surface area (Å²) >= 11 is 0. The average Bonchev–Trinajstić information content (AvgIpc) is 3.28. The van der Waals surface area contributed by atoms with Crippen molar-refractivity contribution in [2.45, 2.75) is 25.0 Å². The molecule has 28 heavy (non-hydrogen) atoms. The number of amides is 1. The summed E-state index contributed by atoms with van der Waals surface area (Å²) < 4.78 is 24.5. The highest BCUT2D eigenvalue weighted by atomic mass is 19.1. The highest BCUT2D eigenvalue weighted by Crippen LogP contribution is 2.28. The van der Waals surface area contributed by atoms with Gasteiger partial charge in [-0.2, -0.15) is 0 Å². The van der Waals surface area contributed by atoms with Crippen LogP contribution in [0, 0.1) is 5.82 Å². The predicted molar refractivity (Wildman–Crippen MR) is 105 cm³/mol. The minimum atomic E-state index is -0.297. The van der Waals surface area contributed by atoms with Crippen molar-refractivity contribution in [3.63, 3.8) is 0 Å². The minimum Gasteiger partial charge on any atom is -0.378 e. The Balaban J connectivity index is 1.48. The van der Waals surface area contributed by atoms with Crippen molar-refractivity contribution < 1.29 is 18.7 Å². The van der Waals surface area contributed by atoms with Gasteiger partial charge in [-0.05, 0) is 54.8 Å². The first-order chi connectivity index (χ1) is 13.7. The number of nitrogens with zero attached hydrogens (tertiary/aromatic N) is 1. The fourth-order valence-corrected chi connectivity index (χ4v) is 3.80. The fraction of sp³-hybridized carbons (Fsp3) is 0.409. The van der Waals surface area contributed by atoms with Crippen LogP contribution in [0.15, 0.2) is 48.5 Å². The molecule has 148 valence electrons. The van der Waals surface area contributed by atoms with E-state index in [1.165, 1.54) is 12.1 Å². The summed E-state index contributed by atoms with van der Waals surface area (Å²) in [7, 11) is 0. The number of carbonyl (C=O) groups excluding carboxylic acids is 1. The Labute approximate surface area is 164 Å². The van der Waals surface area contributed by atoms with Crippen molar-refractivity contribution in [3.05, 3.63) is 65.5 Å². The minimum absolute atomic E-state index is 0.0953. The van der Waals surface area contributed by atoms with E-state index in [9.17, 15) is 9.18 Å². The van der Waals surface area contributed by atoms with Crippen LogP contribution in [-0.4, -0.2) is 44.9 Å². The molecule has 0 radical (unpaired) electrons. The predicted octanol–water partition coefficient (Wildman–Crippen LogP) is 3.31. The Kier molecular flexibility index (Phi) is 5.88. The van der Waals surface area contributed by atoms with E-state index < -0.39 is 0 Å². The van der Waals surface area contributed by atoms with Crippen LogP contribution in [-0.2, 0) is 9.47 Å². The number of anilines is 1. The Hall–Kier alpha value is -2.44. The van der Waals surface area contributed by atoms with E-state index in [2.05, 4.69) is 10.2 Å². The Morgan fingerprint density at radius 1 is 1.04 bits per heavy atom. The summed E-state index contributed by atoms with van der Waals surface area (Å²) in [5, 5.41) is 3.09. The monoisotopic (exact) mass is 384 g/mol. The maximum Gasteiger partial charge on any atom is 0.251 e. The van der Waals surface area contributed by atoms with Gasteiger partial charge in [0.2, 0.25) is 0 Å². The van der Waals surface area contributed by atoms with Crippen LogP contribution >= 0.6 is 0 Å². The smallest absolute Gasteiger partial charge is 0.251 e. The number of benzene rings is 2. The summed E-state index contributed by atoms with van der Waals surface area (Å²) in [6.07, 6.45) is 1.74. The second kappa shape index (κ2) is 8.71. The Bertz CT molecular complexity index is 782. The molecule has 0 aliphatic carbocycles. The van der Waals surface area contributed by atoms with Crippen molar-refractivity contribution in [1.29, 1.82) is 0 Å². The molecule has 6 heteroatoms. The first-order valence-electron chi connectivity index (χ1n) is 9.81. The van der Waals surface area contributed by atoms with Gasteiger partial charge < -0.3 is 19.7 Å². The molecule has 2 heterocycles. The molecular formula is C22H25FN2O3. The lowest BCUT2D eigenvalue weighted by Crippen LogP contribution is -2.37. The van der Waals surface area contributed by atoms with E-state index in [4.69, 9.17) is 9.47 Å². The first-order valence-corrected chi connectivity index (χ1v) is 9.81. The van der Waals surface area contributed by atoms with Crippen LogP contribution in [0.2, 0.25) is 0 Å². The number of hydrogen-bond acceptors (Lipinski definition) is 4. The highest BCUT2D eigenvalue weighted by Gasteiger charge is 2.29. The van der Waals surface area contributed by atoms with Crippen LogP contribution in [0.5, 0.6) is 0 Å². The van der Waals surface area contributed by atoms with Gasteiger partial charge in [-0.1, -0.05) is 12.1 Å². The summed E-state index contributed by atoms with van der Waals surface area (Å²) in [6, 6.07) is 13.6. The number of hydrogen-bond donors (Lipinski definition) is 1. The molecule has 2 aliphatic rings. The van der Waals surface area contributed by atoms with Crippen LogP contribution in [0.4, 0.5) is 10.1 Å². The summed E-state index contributed by atoms with van der Waals surface area (Å²) in [4.78, 5) is 15.1. The standard InChI is InChI=1S/C22H25FN2O3/c23-18-7-3-16(4-8-18)21(20-2-1-13-28-20)24-22(26)17-5-9-19(10-6-17)25-11-14-27-15-12-25/h3-10,20-21H,1-2,11-15H2,(H,24,26)/t20-,21-/m1/s1. The lowest BCUT2D eigenvalue weighted by Gasteiger charge is -2.29. The fourth-order valence-electron chi connectivity index (χ4n) is 3.80. The molecule has 2 aromatic rings. The van der Waals surface area contributed by atoms with E-state index >= 15 is 0 Å². The van der Waals surface area contributed by atoms with Crippen LogP contribution in [0.25, 0.3) is 0 Å². The second-order valence-electron chi connectivity index (χ2n) is 7.20. The molecular weight excluding hydrogens is 359 g/mol. The molecule has 4 rings (SSSR count). The lowest BCUT2D eigenvalue weighted by atomic mass is 9.98. The maximum absolute atomic E-state index is 13.3. The van der Waals surface area contributed by atoms with E-state index in [1.54, 1.807) is 12.1 Å².